The van der Waals surface area contributed by atoms with Crippen molar-refractivity contribution in [2.45, 2.75) is 6.42 Å². The fourth-order valence-corrected chi connectivity index (χ4v) is 1.86. The van der Waals surface area contributed by atoms with Gasteiger partial charge in [0.25, 0.3) is 0 Å². The molecule has 4 heteroatoms. The topological polar surface area (TPSA) is 40.7 Å². The van der Waals surface area contributed by atoms with Crippen molar-refractivity contribution in [3.05, 3.63) is 28.5 Å². The first-order chi connectivity index (χ1) is 6.81. The van der Waals surface area contributed by atoms with Gasteiger partial charge in [0.1, 0.15) is 11.3 Å². The zero-order valence-corrected chi connectivity index (χ0v) is 9.56. The van der Waals surface area contributed by atoms with Gasteiger partial charge in [0.2, 0.25) is 0 Å². The van der Waals surface area contributed by atoms with Crippen LogP contribution >= 0.6 is 15.9 Å². The highest BCUT2D eigenvalue weighted by molar-refractivity contribution is 9.10. The quantitative estimate of drug-likeness (QED) is 0.880. The summed E-state index contributed by atoms with van der Waals surface area (Å²) in [6.45, 7) is 0.942. The molecule has 74 valence electrons. The molecular weight excluding hydrogens is 242 g/mol. The van der Waals surface area contributed by atoms with Crippen molar-refractivity contribution in [1.82, 2.24) is 15.3 Å². The van der Waals surface area contributed by atoms with Gasteiger partial charge < -0.3 is 10.3 Å². The lowest BCUT2D eigenvalue weighted by Gasteiger charge is -1.93. The maximum atomic E-state index is 4.51. The number of aromatic amines is 1. The molecule has 0 saturated carbocycles. The summed E-state index contributed by atoms with van der Waals surface area (Å²) in [5, 5.41) is 3.10. The van der Waals surface area contributed by atoms with E-state index in [1.54, 1.807) is 0 Å². The van der Waals surface area contributed by atoms with E-state index in [2.05, 4.69) is 31.2 Å². The molecule has 1 aromatic heterocycles. The van der Waals surface area contributed by atoms with Crippen LogP contribution in [0.15, 0.2) is 22.7 Å². The molecule has 0 atom stereocenters. The molecule has 3 nitrogen and oxygen atoms in total. The Morgan fingerprint density at radius 2 is 2.36 bits per heavy atom. The van der Waals surface area contributed by atoms with E-state index in [-0.39, 0.29) is 0 Å². The number of nitrogens with one attached hydrogen (secondary N) is 2. The summed E-state index contributed by atoms with van der Waals surface area (Å²) < 4.78 is 1.04. The third-order valence-corrected chi connectivity index (χ3v) is 2.76. The van der Waals surface area contributed by atoms with Crippen LogP contribution in [0, 0.1) is 0 Å². The summed E-state index contributed by atoms with van der Waals surface area (Å²) in [6.07, 6.45) is 0.928. The lowest BCUT2D eigenvalue weighted by Crippen LogP contribution is -2.10. The Kier molecular flexibility index (Phi) is 2.84. The predicted molar refractivity (Wildman–Crippen MR) is 61.4 cm³/mol. The van der Waals surface area contributed by atoms with Crippen molar-refractivity contribution in [1.29, 1.82) is 0 Å². The number of halogens is 1. The van der Waals surface area contributed by atoms with Crippen molar-refractivity contribution in [2.24, 2.45) is 0 Å². The molecular formula is C10H12BrN3. The summed E-state index contributed by atoms with van der Waals surface area (Å²) in [5.41, 5.74) is 2.10. The van der Waals surface area contributed by atoms with Gasteiger partial charge in [-0.05, 0) is 35.1 Å². The monoisotopic (exact) mass is 253 g/mol. The largest absolute Gasteiger partial charge is 0.342 e. The van der Waals surface area contributed by atoms with Crippen LogP contribution in [-0.4, -0.2) is 23.6 Å². The van der Waals surface area contributed by atoms with Crippen molar-refractivity contribution in [3.63, 3.8) is 0 Å². The van der Waals surface area contributed by atoms with Crippen LogP contribution in [0.5, 0.6) is 0 Å². The van der Waals surface area contributed by atoms with E-state index in [0.717, 1.165) is 34.3 Å². The van der Waals surface area contributed by atoms with Gasteiger partial charge in [0, 0.05) is 17.4 Å². The van der Waals surface area contributed by atoms with Gasteiger partial charge in [-0.1, -0.05) is 6.07 Å². The van der Waals surface area contributed by atoms with Gasteiger partial charge in [0.15, 0.2) is 0 Å². The number of rotatable bonds is 3. The van der Waals surface area contributed by atoms with Crippen molar-refractivity contribution in [2.75, 3.05) is 13.6 Å². The van der Waals surface area contributed by atoms with Crippen LogP contribution < -0.4 is 5.32 Å². The summed E-state index contributed by atoms with van der Waals surface area (Å²) in [7, 11) is 1.94. The normalized spacial score (nSPS) is 11.0. The van der Waals surface area contributed by atoms with Crippen molar-refractivity contribution >= 4 is 27.0 Å². The van der Waals surface area contributed by atoms with Crippen LogP contribution in [0.4, 0.5) is 0 Å². The molecule has 0 aliphatic carbocycles. The Morgan fingerprint density at radius 3 is 3.07 bits per heavy atom. The highest BCUT2D eigenvalue weighted by Crippen LogP contribution is 2.21. The number of likely N-dealkylation sites (N-methyl/N-ethyl adjacent to an activating group) is 1. The molecule has 0 radical (unpaired) electrons. The molecule has 0 saturated heterocycles. The molecule has 1 heterocycles. The molecule has 0 fully saturated rings. The zero-order valence-electron chi connectivity index (χ0n) is 7.97. The first-order valence-electron chi connectivity index (χ1n) is 4.59. The first-order valence-corrected chi connectivity index (χ1v) is 5.38. The van der Waals surface area contributed by atoms with Crippen molar-refractivity contribution < 1.29 is 0 Å². The second-order valence-electron chi connectivity index (χ2n) is 3.17. The fraction of sp³-hybridized carbons (Fsp3) is 0.300. The minimum absolute atomic E-state index is 0.928. The number of H-pyrrole nitrogens is 1. The zero-order chi connectivity index (χ0) is 9.97. The van der Waals surface area contributed by atoms with Gasteiger partial charge in [0.05, 0.1) is 5.52 Å². The molecule has 0 unspecified atom stereocenters. The predicted octanol–water partition coefficient (Wildman–Crippen LogP) is 2.09. The van der Waals surface area contributed by atoms with E-state index in [4.69, 9.17) is 0 Å². The van der Waals surface area contributed by atoms with Crippen LogP contribution in [-0.2, 0) is 6.42 Å². The van der Waals surface area contributed by atoms with E-state index in [1.807, 2.05) is 25.2 Å². The van der Waals surface area contributed by atoms with Gasteiger partial charge in [-0.25, -0.2) is 4.98 Å². The first kappa shape index (κ1) is 9.68. The van der Waals surface area contributed by atoms with Gasteiger partial charge in [-0.15, -0.1) is 0 Å². The number of para-hydroxylation sites is 1. The van der Waals surface area contributed by atoms with Gasteiger partial charge in [-0.3, -0.25) is 0 Å². The Balaban J connectivity index is 2.36. The second kappa shape index (κ2) is 4.11. The molecule has 0 spiro atoms. The number of hydrogen-bond acceptors (Lipinski definition) is 2. The highest BCUT2D eigenvalue weighted by atomic mass is 79.9. The number of imidazole rings is 1. The van der Waals surface area contributed by atoms with E-state index in [9.17, 15) is 0 Å². The molecule has 2 rings (SSSR count). The van der Waals surface area contributed by atoms with Crippen LogP contribution in [0.25, 0.3) is 11.0 Å². The highest BCUT2D eigenvalue weighted by Gasteiger charge is 2.04. The number of benzene rings is 1. The summed E-state index contributed by atoms with van der Waals surface area (Å²) in [4.78, 5) is 7.80. The smallest absolute Gasteiger partial charge is 0.108 e. The third kappa shape index (κ3) is 1.81. The minimum atomic E-state index is 0.928. The maximum absolute atomic E-state index is 4.51. The molecule has 0 aliphatic heterocycles. The van der Waals surface area contributed by atoms with E-state index >= 15 is 0 Å². The third-order valence-electron chi connectivity index (χ3n) is 2.12. The fourth-order valence-electron chi connectivity index (χ4n) is 1.41. The number of nitrogens with zero attached hydrogens (tertiary/aromatic N) is 1. The average molecular weight is 254 g/mol. The van der Waals surface area contributed by atoms with Crippen LogP contribution in [0.1, 0.15) is 5.82 Å². The van der Waals surface area contributed by atoms with Gasteiger partial charge >= 0.3 is 0 Å². The Hall–Kier alpha value is -0.870. The maximum Gasteiger partial charge on any atom is 0.108 e. The van der Waals surface area contributed by atoms with E-state index < -0.39 is 0 Å². The Labute approximate surface area is 91.1 Å². The lowest BCUT2D eigenvalue weighted by molar-refractivity contribution is 0.766. The molecule has 14 heavy (non-hydrogen) atoms. The molecule has 0 aliphatic rings. The molecule has 0 amide bonds. The molecule has 2 N–H and O–H groups in total. The summed E-state index contributed by atoms with van der Waals surface area (Å²) >= 11 is 3.48. The minimum Gasteiger partial charge on any atom is -0.342 e. The standard InChI is InChI=1S/C10H12BrN3/c1-12-6-5-9-13-8-4-2-3-7(11)10(8)14-9/h2-4,12H,5-6H2,1H3,(H,13,14). The second-order valence-corrected chi connectivity index (χ2v) is 4.03. The average Bonchev–Trinajstić information content (AvgIpc) is 2.59. The van der Waals surface area contributed by atoms with E-state index in [1.165, 1.54) is 0 Å². The van der Waals surface area contributed by atoms with Crippen LogP contribution in [0.3, 0.4) is 0 Å². The molecule has 1 aromatic carbocycles. The molecule has 0 bridgehead atoms. The van der Waals surface area contributed by atoms with Gasteiger partial charge in [-0.2, -0.15) is 0 Å². The number of aromatic nitrogens is 2. The van der Waals surface area contributed by atoms with Crippen LogP contribution in [0.2, 0.25) is 0 Å². The number of fused-ring (bicyclic) bond motifs is 1. The van der Waals surface area contributed by atoms with Crippen molar-refractivity contribution in [3.8, 4) is 0 Å². The number of hydrogen-bond donors (Lipinski definition) is 2. The summed E-state index contributed by atoms with van der Waals surface area (Å²) in [5.74, 6) is 1.03. The Morgan fingerprint density at radius 1 is 1.50 bits per heavy atom. The molecule has 2 aromatic rings. The van der Waals surface area contributed by atoms with E-state index in [0.29, 0.717) is 0 Å². The lowest BCUT2D eigenvalue weighted by atomic mass is 10.3. The summed E-state index contributed by atoms with van der Waals surface area (Å²) in [6, 6.07) is 6.05. The Bertz CT molecular complexity index is 436. The SMILES string of the molecule is CNCCc1nc2c(Br)cccc2[nH]1.